The summed E-state index contributed by atoms with van der Waals surface area (Å²) >= 11 is 0. The molecule has 2 aliphatic heterocycles. The molecule has 5 nitrogen and oxygen atoms in total. The molecule has 0 aliphatic carbocycles. The van der Waals surface area contributed by atoms with Gasteiger partial charge in [-0.05, 0) is 29.7 Å². The molecule has 0 bridgehead atoms. The van der Waals surface area contributed by atoms with Gasteiger partial charge in [-0.25, -0.2) is 0 Å². The van der Waals surface area contributed by atoms with E-state index in [1.54, 1.807) is 19.2 Å². The lowest BCUT2D eigenvalue weighted by Crippen LogP contribution is -2.34. The highest BCUT2D eigenvalue weighted by Crippen LogP contribution is 2.43. The lowest BCUT2D eigenvalue weighted by atomic mass is 9.89. The van der Waals surface area contributed by atoms with E-state index in [0.717, 1.165) is 18.7 Å². The number of ether oxygens (including phenoxy) is 1. The first-order valence-corrected chi connectivity index (χ1v) is 8.62. The Balaban J connectivity index is 1.72. The first kappa shape index (κ1) is 16.0. The van der Waals surface area contributed by atoms with Crippen LogP contribution in [0.3, 0.4) is 0 Å². The average molecular weight is 338 g/mol. The summed E-state index contributed by atoms with van der Waals surface area (Å²) in [7, 11) is 1.55. The van der Waals surface area contributed by atoms with Crippen LogP contribution in [0.5, 0.6) is 11.5 Å². The Morgan fingerprint density at radius 1 is 1.20 bits per heavy atom. The minimum absolute atomic E-state index is 0.00667. The number of carbonyl (C=O) groups is 1. The van der Waals surface area contributed by atoms with Crippen molar-refractivity contribution in [2.24, 2.45) is 11.8 Å². The second-order valence-corrected chi connectivity index (χ2v) is 6.78. The molecule has 2 N–H and O–H groups in total. The van der Waals surface area contributed by atoms with E-state index in [9.17, 15) is 9.90 Å². The first-order chi connectivity index (χ1) is 12.2. The lowest BCUT2D eigenvalue weighted by molar-refractivity contribution is 0.0710. The summed E-state index contributed by atoms with van der Waals surface area (Å²) in [5.74, 6) is 1.27. The van der Waals surface area contributed by atoms with E-state index in [4.69, 9.17) is 4.74 Å². The van der Waals surface area contributed by atoms with Crippen molar-refractivity contribution in [3.8, 4) is 11.5 Å². The highest BCUT2D eigenvalue weighted by Gasteiger charge is 2.47. The molecule has 5 heteroatoms. The summed E-state index contributed by atoms with van der Waals surface area (Å²) in [6, 6.07) is 15.0. The Hall–Kier alpha value is -2.53. The summed E-state index contributed by atoms with van der Waals surface area (Å²) in [5.41, 5.74) is 1.45. The standard InChI is InChI=1S/C20H22N2O3/c1-25-15-7-8-18(23)16(9-15)20(24)22-12-14-10-21-11-17(14)19(22)13-5-3-2-4-6-13/h2-9,14,17,19,21,23H,10-12H2,1H3/t14-,17-,19-/m0/s1. The summed E-state index contributed by atoms with van der Waals surface area (Å²) in [6.45, 7) is 2.55. The number of likely N-dealkylation sites (tertiary alicyclic amines) is 1. The van der Waals surface area contributed by atoms with Gasteiger partial charge in [0, 0.05) is 25.6 Å². The highest BCUT2D eigenvalue weighted by molar-refractivity contribution is 5.97. The molecule has 25 heavy (non-hydrogen) atoms. The number of benzene rings is 2. The number of aromatic hydroxyl groups is 1. The predicted octanol–water partition coefficient (Wildman–Crippen LogP) is 2.43. The van der Waals surface area contributed by atoms with E-state index in [1.807, 2.05) is 23.1 Å². The monoisotopic (exact) mass is 338 g/mol. The fourth-order valence-electron chi connectivity index (χ4n) is 4.17. The minimum atomic E-state index is -0.139. The van der Waals surface area contributed by atoms with Crippen molar-refractivity contribution in [1.82, 2.24) is 10.2 Å². The fourth-order valence-corrected chi connectivity index (χ4v) is 4.17. The molecular weight excluding hydrogens is 316 g/mol. The number of carbonyl (C=O) groups excluding carboxylic acids is 1. The SMILES string of the molecule is COc1ccc(O)c(C(=O)N2C[C@@H]3CNC[C@@H]3[C@@H]2c2ccccc2)c1. The van der Waals surface area contributed by atoms with Gasteiger partial charge in [0.2, 0.25) is 0 Å². The molecule has 0 radical (unpaired) electrons. The third kappa shape index (κ3) is 2.74. The van der Waals surface area contributed by atoms with Gasteiger partial charge >= 0.3 is 0 Å². The topological polar surface area (TPSA) is 61.8 Å². The van der Waals surface area contributed by atoms with Crippen LogP contribution in [0.1, 0.15) is 22.0 Å². The number of hydrogen-bond acceptors (Lipinski definition) is 4. The van der Waals surface area contributed by atoms with E-state index in [2.05, 4.69) is 17.4 Å². The maximum absolute atomic E-state index is 13.2. The lowest BCUT2D eigenvalue weighted by Gasteiger charge is -2.28. The van der Waals surface area contributed by atoms with E-state index >= 15 is 0 Å². The van der Waals surface area contributed by atoms with Crippen LogP contribution in [0.25, 0.3) is 0 Å². The van der Waals surface area contributed by atoms with Crippen LogP contribution in [-0.4, -0.2) is 42.7 Å². The van der Waals surface area contributed by atoms with Gasteiger partial charge < -0.3 is 20.1 Å². The molecule has 0 saturated carbocycles. The largest absolute Gasteiger partial charge is 0.507 e. The van der Waals surface area contributed by atoms with Gasteiger partial charge in [0.15, 0.2) is 0 Å². The molecule has 130 valence electrons. The van der Waals surface area contributed by atoms with Crippen molar-refractivity contribution >= 4 is 5.91 Å². The van der Waals surface area contributed by atoms with Crippen LogP contribution < -0.4 is 10.1 Å². The molecule has 3 atom stereocenters. The molecule has 2 aliphatic rings. The smallest absolute Gasteiger partial charge is 0.258 e. The number of amides is 1. The van der Waals surface area contributed by atoms with Gasteiger partial charge in [-0.1, -0.05) is 30.3 Å². The van der Waals surface area contributed by atoms with Gasteiger partial charge in [-0.3, -0.25) is 4.79 Å². The van der Waals surface area contributed by atoms with Crippen molar-refractivity contribution in [3.63, 3.8) is 0 Å². The molecule has 2 fully saturated rings. The van der Waals surface area contributed by atoms with E-state index < -0.39 is 0 Å². The van der Waals surface area contributed by atoms with Crippen LogP contribution in [-0.2, 0) is 0 Å². The number of methoxy groups -OCH3 is 1. The average Bonchev–Trinajstić information content (AvgIpc) is 3.23. The third-order valence-corrected chi connectivity index (χ3v) is 5.40. The van der Waals surface area contributed by atoms with Crippen LogP contribution in [0.2, 0.25) is 0 Å². The zero-order valence-corrected chi connectivity index (χ0v) is 14.2. The van der Waals surface area contributed by atoms with Gasteiger partial charge in [-0.2, -0.15) is 0 Å². The van der Waals surface area contributed by atoms with E-state index in [0.29, 0.717) is 29.7 Å². The van der Waals surface area contributed by atoms with Crippen LogP contribution in [0, 0.1) is 11.8 Å². The van der Waals surface area contributed by atoms with Crippen LogP contribution >= 0.6 is 0 Å². The summed E-state index contributed by atoms with van der Waals surface area (Å²) in [4.78, 5) is 15.2. The van der Waals surface area contributed by atoms with Gasteiger partial charge in [0.25, 0.3) is 5.91 Å². The summed E-state index contributed by atoms with van der Waals surface area (Å²) < 4.78 is 5.22. The van der Waals surface area contributed by atoms with Crippen molar-refractivity contribution in [3.05, 3.63) is 59.7 Å². The van der Waals surface area contributed by atoms with Crippen molar-refractivity contribution < 1.29 is 14.6 Å². The number of nitrogens with zero attached hydrogens (tertiary/aromatic N) is 1. The minimum Gasteiger partial charge on any atom is -0.507 e. The second-order valence-electron chi connectivity index (χ2n) is 6.78. The molecule has 0 spiro atoms. The molecule has 2 heterocycles. The quantitative estimate of drug-likeness (QED) is 0.902. The second kappa shape index (κ2) is 6.41. The van der Waals surface area contributed by atoms with E-state index in [1.165, 1.54) is 6.07 Å². The number of fused-ring (bicyclic) bond motifs is 1. The number of rotatable bonds is 3. The molecule has 2 aromatic carbocycles. The third-order valence-electron chi connectivity index (χ3n) is 5.40. The van der Waals surface area contributed by atoms with Crippen molar-refractivity contribution in [1.29, 1.82) is 0 Å². The Morgan fingerprint density at radius 2 is 2.00 bits per heavy atom. The molecule has 2 saturated heterocycles. The highest BCUT2D eigenvalue weighted by atomic mass is 16.5. The number of hydrogen-bond donors (Lipinski definition) is 2. The Kier molecular flexibility index (Phi) is 4.09. The maximum atomic E-state index is 13.2. The van der Waals surface area contributed by atoms with Crippen LogP contribution in [0.15, 0.2) is 48.5 Å². The number of nitrogens with one attached hydrogen (secondary N) is 1. The zero-order chi connectivity index (χ0) is 17.4. The molecule has 4 rings (SSSR count). The molecule has 2 aromatic rings. The first-order valence-electron chi connectivity index (χ1n) is 8.62. The Labute approximate surface area is 147 Å². The maximum Gasteiger partial charge on any atom is 0.258 e. The summed E-state index contributed by atoms with van der Waals surface area (Å²) in [6.07, 6.45) is 0. The van der Waals surface area contributed by atoms with Crippen molar-refractivity contribution in [2.45, 2.75) is 6.04 Å². The molecule has 0 unspecified atom stereocenters. The number of phenolic OH excluding ortho intramolecular Hbond substituents is 1. The normalized spacial score (nSPS) is 25.0. The van der Waals surface area contributed by atoms with Crippen LogP contribution in [0.4, 0.5) is 0 Å². The van der Waals surface area contributed by atoms with Gasteiger partial charge in [0.1, 0.15) is 11.5 Å². The van der Waals surface area contributed by atoms with Crippen molar-refractivity contribution in [2.75, 3.05) is 26.7 Å². The Morgan fingerprint density at radius 3 is 2.76 bits per heavy atom. The zero-order valence-electron chi connectivity index (χ0n) is 14.2. The Bertz CT molecular complexity index is 778. The van der Waals surface area contributed by atoms with E-state index in [-0.39, 0.29) is 17.7 Å². The fraction of sp³-hybridized carbons (Fsp3) is 0.350. The molecule has 1 amide bonds. The number of phenols is 1. The molecule has 0 aromatic heterocycles. The molecular formula is C20H22N2O3. The van der Waals surface area contributed by atoms with Gasteiger partial charge in [-0.15, -0.1) is 0 Å². The predicted molar refractivity (Wildman–Crippen MR) is 94.7 cm³/mol. The summed E-state index contributed by atoms with van der Waals surface area (Å²) in [5, 5.41) is 13.7. The van der Waals surface area contributed by atoms with Gasteiger partial charge in [0.05, 0.1) is 18.7 Å².